The number of nitrogens with zero attached hydrogens (tertiary/aromatic N) is 4. The molecule has 0 saturated heterocycles. The van der Waals surface area contributed by atoms with Gasteiger partial charge in [-0.1, -0.05) is 20.8 Å². The van der Waals surface area contributed by atoms with Crippen molar-refractivity contribution < 1.29 is 13.6 Å². The lowest BCUT2D eigenvalue weighted by Gasteiger charge is -2.17. The summed E-state index contributed by atoms with van der Waals surface area (Å²) >= 11 is 0. The standard InChI is InChI=1S/C24H22F2N6O/c1-24(2,3)12-22(33)32-21-11-20(28-13-29-21)30-18-10-19(16-9-14(25)6-7-17(16)26)31-23-15(18)5-4-8-27-23/h4-11,13H,12H2,1-3H3,(H2,27,28,29,30,31,32,33). The van der Waals surface area contributed by atoms with Gasteiger partial charge in [-0.3, -0.25) is 4.79 Å². The number of fused-ring (bicyclic) bond motifs is 1. The summed E-state index contributed by atoms with van der Waals surface area (Å²) in [5.74, 6) is -0.589. The van der Waals surface area contributed by atoms with Crippen molar-refractivity contribution in [1.82, 2.24) is 19.9 Å². The van der Waals surface area contributed by atoms with E-state index in [4.69, 9.17) is 0 Å². The van der Waals surface area contributed by atoms with E-state index >= 15 is 0 Å². The van der Waals surface area contributed by atoms with Gasteiger partial charge in [-0.05, 0) is 41.8 Å². The Kier molecular flexibility index (Phi) is 5.95. The molecule has 0 saturated carbocycles. The first-order chi connectivity index (χ1) is 15.7. The number of carbonyl (C=O) groups is 1. The molecule has 0 fully saturated rings. The van der Waals surface area contributed by atoms with Gasteiger partial charge in [-0.2, -0.15) is 0 Å². The van der Waals surface area contributed by atoms with Crippen LogP contribution in [0.3, 0.4) is 0 Å². The molecule has 33 heavy (non-hydrogen) atoms. The quantitative estimate of drug-likeness (QED) is 0.420. The van der Waals surface area contributed by atoms with Crippen LogP contribution in [-0.4, -0.2) is 25.8 Å². The molecule has 2 N–H and O–H groups in total. The van der Waals surface area contributed by atoms with Crippen molar-refractivity contribution in [2.24, 2.45) is 5.41 Å². The van der Waals surface area contributed by atoms with Crippen LogP contribution < -0.4 is 10.6 Å². The van der Waals surface area contributed by atoms with Crippen LogP contribution in [0.4, 0.5) is 26.1 Å². The normalized spacial score (nSPS) is 11.4. The molecule has 1 amide bonds. The summed E-state index contributed by atoms with van der Waals surface area (Å²) in [6, 6.07) is 9.93. The lowest BCUT2D eigenvalue weighted by molar-refractivity contribution is -0.117. The van der Waals surface area contributed by atoms with Gasteiger partial charge in [-0.15, -0.1) is 0 Å². The van der Waals surface area contributed by atoms with Crippen molar-refractivity contribution >= 4 is 34.3 Å². The summed E-state index contributed by atoms with van der Waals surface area (Å²) in [5.41, 5.74) is 0.965. The Hall–Kier alpha value is -4.01. The highest BCUT2D eigenvalue weighted by atomic mass is 19.1. The highest BCUT2D eigenvalue weighted by molar-refractivity contribution is 5.94. The maximum atomic E-state index is 14.4. The fourth-order valence-electron chi connectivity index (χ4n) is 3.29. The Labute approximate surface area is 189 Å². The number of rotatable bonds is 5. The Morgan fingerprint density at radius 1 is 1.00 bits per heavy atom. The average molecular weight is 448 g/mol. The zero-order valence-electron chi connectivity index (χ0n) is 18.4. The maximum absolute atomic E-state index is 14.4. The van der Waals surface area contributed by atoms with Gasteiger partial charge in [0.25, 0.3) is 0 Å². The van der Waals surface area contributed by atoms with Gasteiger partial charge in [0.15, 0.2) is 5.65 Å². The van der Waals surface area contributed by atoms with Gasteiger partial charge in [0.2, 0.25) is 5.91 Å². The summed E-state index contributed by atoms with van der Waals surface area (Å²) in [7, 11) is 0. The average Bonchev–Trinajstić information content (AvgIpc) is 2.74. The van der Waals surface area contributed by atoms with Crippen LogP contribution in [0.15, 0.2) is 55.0 Å². The number of halogens is 2. The summed E-state index contributed by atoms with van der Waals surface area (Å²) < 4.78 is 28.2. The molecule has 3 heterocycles. The van der Waals surface area contributed by atoms with Gasteiger partial charge in [0.05, 0.1) is 11.4 Å². The van der Waals surface area contributed by atoms with E-state index in [-0.39, 0.29) is 22.6 Å². The van der Waals surface area contributed by atoms with Crippen LogP contribution in [-0.2, 0) is 4.79 Å². The van der Waals surface area contributed by atoms with E-state index in [1.54, 1.807) is 30.5 Å². The minimum atomic E-state index is -0.601. The molecule has 9 heteroatoms. The molecular weight excluding hydrogens is 426 g/mol. The minimum Gasteiger partial charge on any atom is -0.339 e. The van der Waals surface area contributed by atoms with Gasteiger partial charge in [-0.25, -0.2) is 28.7 Å². The SMILES string of the molecule is CC(C)(C)CC(=O)Nc1cc(Nc2cc(-c3cc(F)ccc3F)nc3ncccc23)ncn1. The second kappa shape index (κ2) is 8.85. The van der Waals surface area contributed by atoms with E-state index in [9.17, 15) is 13.6 Å². The van der Waals surface area contributed by atoms with Crippen molar-refractivity contribution in [3.05, 3.63) is 66.6 Å². The highest BCUT2D eigenvalue weighted by Crippen LogP contribution is 2.31. The number of benzene rings is 1. The first-order valence-electron chi connectivity index (χ1n) is 10.3. The summed E-state index contributed by atoms with van der Waals surface area (Å²) in [6.45, 7) is 5.92. The fraction of sp³-hybridized carbons (Fsp3) is 0.208. The van der Waals surface area contributed by atoms with E-state index in [1.807, 2.05) is 20.8 Å². The van der Waals surface area contributed by atoms with Crippen LogP contribution in [0, 0.1) is 17.0 Å². The van der Waals surface area contributed by atoms with Crippen molar-refractivity contribution in [2.75, 3.05) is 10.6 Å². The molecule has 4 rings (SSSR count). The van der Waals surface area contributed by atoms with Crippen molar-refractivity contribution in [2.45, 2.75) is 27.2 Å². The molecule has 1 aromatic carbocycles. The second-order valence-electron chi connectivity index (χ2n) is 8.75. The number of pyridine rings is 2. The van der Waals surface area contributed by atoms with Gasteiger partial charge >= 0.3 is 0 Å². The highest BCUT2D eigenvalue weighted by Gasteiger charge is 2.17. The van der Waals surface area contributed by atoms with Gasteiger partial charge < -0.3 is 10.6 Å². The molecule has 0 aliphatic rings. The van der Waals surface area contributed by atoms with Crippen molar-refractivity contribution in [3.63, 3.8) is 0 Å². The number of anilines is 3. The molecule has 4 aromatic rings. The predicted molar refractivity (Wildman–Crippen MR) is 123 cm³/mol. The van der Waals surface area contributed by atoms with Crippen LogP contribution >= 0.6 is 0 Å². The third-order valence-electron chi connectivity index (χ3n) is 4.68. The number of hydrogen-bond acceptors (Lipinski definition) is 6. The molecular formula is C24H22F2N6O. The minimum absolute atomic E-state index is 0.0171. The zero-order valence-corrected chi connectivity index (χ0v) is 18.4. The second-order valence-corrected chi connectivity index (χ2v) is 8.75. The van der Waals surface area contributed by atoms with Crippen LogP contribution in [0.25, 0.3) is 22.3 Å². The van der Waals surface area contributed by atoms with Gasteiger partial charge in [0, 0.05) is 29.6 Å². The number of carbonyl (C=O) groups excluding carboxylic acids is 1. The predicted octanol–water partition coefficient (Wildman–Crippen LogP) is 5.48. The lowest BCUT2D eigenvalue weighted by atomic mass is 9.92. The molecule has 0 aliphatic carbocycles. The first kappa shape index (κ1) is 22.2. The first-order valence-corrected chi connectivity index (χ1v) is 10.3. The number of aromatic nitrogens is 4. The monoisotopic (exact) mass is 448 g/mol. The Bertz CT molecular complexity index is 1340. The molecule has 3 aromatic heterocycles. The summed E-state index contributed by atoms with van der Waals surface area (Å²) in [5, 5.41) is 6.58. The van der Waals surface area contributed by atoms with Crippen molar-refractivity contribution in [3.8, 4) is 11.3 Å². The Balaban J connectivity index is 1.69. The van der Waals surface area contributed by atoms with Crippen LogP contribution in [0.1, 0.15) is 27.2 Å². The molecule has 0 bridgehead atoms. The fourth-order valence-corrected chi connectivity index (χ4v) is 3.29. The molecule has 0 atom stereocenters. The summed E-state index contributed by atoms with van der Waals surface area (Å²) in [4.78, 5) is 29.2. The Morgan fingerprint density at radius 3 is 2.58 bits per heavy atom. The number of amides is 1. The number of nitrogens with one attached hydrogen (secondary N) is 2. The Morgan fingerprint density at radius 2 is 1.79 bits per heavy atom. The van der Waals surface area contributed by atoms with E-state index in [0.717, 1.165) is 18.2 Å². The smallest absolute Gasteiger partial charge is 0.226 e. The van der Waals surface area contributed by atoms with Gasteiger partial charge in [0.1, 0.15) is 29.6 Å². The lowest BCUT2D eigenvalue weighted by Crippen LogP contribution is -2.20. The van der Waals surface area contributed by atoms with Crippen LogP contribution in [0.5, 0.6) is 0 Å². The molecule has 168 valence electrons. The zero-order chi connectivity index (χ0) is 23.6. The third-order valence-corrected chi connectivity index (χ3v) is 4.68. The molecule has 0 unspecified atom stereocenters. The number of hydrogen-bond donors (Lipinski definition) is 2. The molecule has 7 nitrogen and oxygen atoms in total. The van der Waals surface area contributed by atoms with E-state index < -0.39 is 11.6 Å². The molecule has 0 spiro atoms. The molecule has 0 aliphatic heterocycles. The third kappa shape index (κ3) is 5.43. The van der Waals surface area contributed by atoms with E-state index in [1.165, 1.54) is 6.33 Å². The summed E-state index contributed by atoms with van der Waals surface area (Å²) in [6.07, 6.45) is 3.23. The van der Waals surface area contributed by atoms with E-state index in [0.29, 0.717) is 34.8 Å². The maximum Gasteiger partial charge on any atom is 0.226 e. The largest absolute Gasteiger partial charge is 0.339 e. The topological polar surface area (TPSA) is 92.7 Å². The molecule has 0 radical (unpaired) electrons. The van der Waals surface area contributed by atoms with E-state index in [2.05, 4.69) is 30.6 Å². The van der Waals surface area contributed by atoms with Crippen molar-refractivity contribution in [1.29, 1.82) is 0 Å². The van der Waals surface area contributed by atoms with Crippen LogP contribution in [0.2, 0.25) is 0 Å².